The van der Waals surface area contributed by atoms with Crippen molar-refractivity contribution in [1.82, 2.24) is 9.47 Å². The second kappa shape index (κ2) is 8.56. The number of aromatic nitrogens is 1. The van der Waals surface area contributed by atoms with Crippen LogP contribution < -0.4 is 5.32 Å². The quantitative estimate of drug-likeness (QED) is 0.599. The lowest BCUT2D eigenvalue weighted by Gasteiger charge is -2.19. The summed E-state index contributed by atoms with van der Waals surface area (Å²) in [6.45, 7) is 5.53. The highest BCUT2D eigenvalue weighted by molar-refractivity contribution is 9.10. The number of rotatable bonds is 6. The number of carbonyl (C=O) groups excluding carboxylic acids is 2. The zero-order valence-corrected chi connectivity index (χ0v) is 17.3. The van der Waals surface area contributed by atoms with E-state index in [1.165, 1.54) is 12.1 Å². The third-order valence-electron chi connectivity index (χ3n) is 4.62. The maximum absolute atomic E-state index is 13.9. The van der Waals surface area contributed by atoms with Gasteiger partial charge in [0, 0.05) is 40.3 Å². The summed E-state index contributed by atoms with van der Waals surface area (Å²) in [5.41, 5.74) is 1.42. The molecule has 1 N–H and O–H groups in total. The minimum atomic E-state index is -0.581. The van der Waals surface area contributed by atoms with Gasteiger partial charge < -0.3 is 14.8 Å². The Morgan fingerprint density at radius 1 is 1.11 bits per heavy atom. The van der Waals surface area contributed by atoms with E-state index >= 15 is 0 Å². The highest BCUT2D eigenvalue weighted by Crippen LogP contribution is 2.22. The SMILES string of the molecule is CCN(CC)C(=O)Cn1ccc2cc(NC(=O)c3cc(Br)ccc3F)ccc21. The smallest absolute Gasteiger partial charge is 0.258 e. The molecule has 0 aliphatic heterocycles. The molecule has 0 saturated heterocycles. The van der Waals surface area contributed by atoms with E-state index in [9.17, 15) is 14.0 Å². The maximum atomic E-state index is 13.9. The number of benzene rings is 2. The van der Waals surface area contributed by atoms with E-state index in [0.717, 1.165) is 10.9 Å². The van der Waals surface area contributed by atoms with Crippen molar-refractivity contribution < 1.29 is 14.0 Å². The number of amides is 2. The Kier molecular flexibility index (Phi) is 6.14. The molecule has 2 amide bonds. The van der Waals surface area contributed by atoms with Crippen LogP contribution in [0.1, 0.15) is 24.2 Å². The average molecular weight is 446 g/mol. The molecule has 1 heterocycles. The molecule has 0 radical (unpaired) electrons. The van der Waals surface area contributed by atoms with Gasteiger partial charge in [0.2, 0.25) is 5.91 Å². The number of nitrogens with zero attached hydrogens (tertiary/aromatic N) is 2. The molecule has 0 spiro atoms. The molecular formula is C21H21BrFN3O2. The Morgan fingerprint density at radius 3 is 2.57 bits per heavy atom. The first kappa shape index (κ1) is 20.1. The van der Waals surface area contributed by atoms with Gasteiger partial charge in [-0.1, -0.05) is 15.9 Å². The van der Waals surface area contributed by atoms with Crippen molar-refractivity contribution >= 4 is 44.3 Å². The molecule has 0 aliphatic rings. The zero-order chi connectivity index (χ0) is 20.3. The molecule has 3 rings (SSSR count). The molecule has 3 aromatic rings. The first-order valence-corrected chi connectivity index (χ1v) is 9.85. The molecule has 0 aliphatic carbocycles. The van der Waals surface area contributed by atoms with Gasteiger partial charge in [-0.2, -0.15) is 0 Å². The lowest BCUT2D eigenvalue weighted by Crippen LogP contribution is -2.33. The number of carbonyl (C=O) groups is 2. The van der Waals surface area contributed by atoms with E-state index < -0.39 is 11.7 Å². The molecule has 146 valence electrons. The number of halogens is 2. The average Bonchev–Trinajstić information content (AvgIpc) is 3.06. The van der Waals surface area contributed by atoms with Gasteiger partial charge in [0.15, 0.2) is 0 Å². The molecular weight excluding hydrogens is 425 g/mol. The highest BCUT2D eigenvalue weighted by atomic mass is 79.9. The van der Waals surface area contributed by atoms with Crippen LogP contribution in [0.2, 0.25) is 0 Å². The Bertz CT molecular complexity index is 1030. The number of anilines is 1. The number of likely N-dealkylation sites (N-methyl/N-ethyl adjacent to an activating group) is 1. The van der Waals surface area contributed by atoms with Crippen LogP contribution in [-0.4, -0.2) is 34.4 Å². The van der Waals surface area contributed by atoms with Crippen molar-refractivity contribution in [2.45, 2.75) is 20.4 Å². The molecule has 28 heavy (non-hydrogen) atoms. The minimum Gasteiger partial charge on any atom is -0.342 e. The molecule has 0 saturated carbocycles. The van der Waals surface area contributed by atoms with Gasteiger partial charge in [0.05, 0.1) is 5.56 Å². The summed E-state index contributed by atoms with van der Waals surface area (Å²) in [5, 5.41) is 3.61. The predicted octanol–water partition coefficient (Wildman–Crippen LogP) is 4.66. The van der Waals surface area contributed by atoms with Gasteiger partial charge >= 0.3 is 0 Å². The van der Waals surface area contributed by atoms with Crippen LogP contribution in [-0.2, 0) is 11.3 Å². The third kappa shape index (κ3) is 4.25. The van der Waals surface area contributed by atoms with Crippen LogP contribution in [0, 0.1) is 5.82 Å². The Morgan fingerprint density at radius 2 is 1.86 bits per heavy atom. The lowest BCUT2D eigenvalue weighted by atomic mass is 10.2. The summed E-state index contributed by atoms with van der Waals surface area (Å²) in [6.07, 6.45) is 1.85. The maximum Gasteiger partial charge on any atom is 0.258 e. The summed E-state index contributed by atoms with van der Waals surface area (Å²) in [5.74, 6) is -1.04. The first-order valence-electron chi connectivity index (χ1n) is 9.06. The van der Waals surface area contributed by atoms with Gasteiger partial charge in [0.25, 0.3) is 5.91 Å². The number of nitrogens with one attached hydrogen (secondary N) is 1. The van der Waals surface area contributed by atoms with Gasteiger partial charge in [-0.05, 0) is 56.3 Å². The topological polar surface area (TPSA) is 54.3 Å². The standard InChI is InChI=1S/C21H21BrFN3O2/c1-3-25(4-2)20(27)13-26-10-9-14-11-16(6-8-19(14)26)24-21(28)17-12-15(22)5-7-18(17)23/h5-12H,3-4,13H2,1-2H3,(H,24,28). The molecule has 0 atom stereocenters. The van der Waals surface area contributed by atoms with Crippen molar-refractivity contribution in [3.05, 3.63) is 64.5 Å². The number of fused-ring (bicyclic) bond motifs is 1. The van der Waals surface area contributed by atoms with Crippen LogP contribution in [0.3, 0.4) is 0 Å². The van der Waals surface area contributed by atoms with Crippen LogP contribution in [0.5, 0.6) is 0 Å². The van der Waals surface area contributed by atoms with Gasteiger partial charge in [-0.3, -0.25) is 9.59 Å². The Hall–Kier alpha value is -2.67. The first-order chi connectivity index (χ1) is 13.4. The van der Waals surface area contributed by atoms with E-state index in [4.69, 9.17) is 0 Å². The van der Waals surface area contributed by atoms with Crippen LogP contribution >= 0.6 is 15.9 Å². The second-order valence-corrected chi connectivity index (χ2v) is 7.28. The second-order valence-electron chi connectivity index (χ2n) is 6.36. The van der Waals surface area contributed by atoms with Crippen molar-refractivity contribution in [3.63, 3.8) is 0 Å². The fourth-order valence-electron chi connectivity index (χ4n) is 3.11. The van der Waals surface area contributed by atoms with Crippen molar-refractivity contribution in [1.29, 1.82) is 0 Å². The van der Waals surface area contributed by atoms with E-state index in [1.54, 1.807) is 17.0 Å². The molecule has 0 unspecified atom stereocenters. The van der Waals surface area contributed by atoms with Gasteiger partial charge in [-0.15, -0.1) is 0 Å². The largest absolute Gasteiger partial charge is 0.342 e. The molecule has 7 heteroatoms. The van der Waals surface area contributed by atoms with E-state index in [2.05, 4.69) is 21.2 Å². The van der Waals surface area contributed by atoms with E-state index in [0.29, 0.717) is 23.2 Å². The normalized spacial score (nSPS) is 10.9. The van der Waals surface area contributed by atoms with Crippen LogP contribution in [0.4, 0.5) is 10.1 Å². The summed E-state index contributed by atoms with van der Waals surface area (Å²) in [4.78, 5) is 26.5. The lowest BCUT2D eigenvalue weighted by molar-refractivity contribution is -0.131. The molecule has 0 fully saturated rings. The summed E-state index contributed by atoms with van der Waals surface area (Å²) >= 11 is 3.24. The molecule has 2 aromatic carbocycles. The van der Waals surface area contributed by atoms with Crippen LogP contribution in [0.25, 0.3) is 10.9 Å². The van der Waals surface area contributed by atoms with E-state index in [1.807, 2.05) is 42.8 Å². The Balaban J connectivity index is 1.79. The van der Waals surface area contributed by atoms with Crippen LogP contribution in [0.15, 0.2) is 53.1 Å². The monoisotopic (exact) mass is 445 g/mol. The summed E-state index contributed by atoms with van der Waals surface area (Å²) in [7, 11) is 0. The molecule has 5 nitrogen and oxygen atoms in total. The summed E-state index contributed by atoms with van der Waals surface area (Å²) in [6, 6.07) is 11.5. The molecule has 0 bridgehead atoms. The fraction of sp³-hybridized carbons (Fsp3) is 0.238. The number of hydrogen-bond acceptors (Lipinski definition) is 2. The third-order valence-corrected chi connectivity index (χ3v) is 5.12. The zero-order valence-electron chi connectivity index (χ0n) is 15.7. The fourth-order valence-corrected chi connectivity index (χ4v) is 3.47. The Labute approximate surface area is 171 Å². The van der Waals surface area contributed by atoms with Crippen molar-refractivity contribution in [3.8, 4) is 0 Å². The highest BCUT2D eigenvalue weighted by Gasteiger charge is 2.14. The van der Waals surface area contributed by atoms with Gasteiger partial charge in [-0.25, -0.2) is 4.39 Å². The molecule has 1 aromatic heterocycles. The van der Waals surface area contributed by atoms with Gasteiger partial charge in [0.1, 0.15) is 12.4 Å². The van der Waals surface area contributed by atoms with E-state index in [-0.39, 0.29) is 18.0 Å². The minimum absolute atomic E-state index is 0.0307. The van der Waals surface area contributed by atoms with Crippen molar-refractivity contribution in [2.75, 3.05) is 18.4 Å². The van der Waals surface area contributed by atoms with Crippen molar-refractivity contribution in [2.24, 2.45) is 0 Å². The summed E-state index contributed by atoms with van der Waals surface area (Å²) < 4.78 is 16.4. The predicted molar refractivity (Wildman–Crippen MR) is 112 cm³/mol. The number of hydrogen-bond donors (Lipinski definition) is 1.